The molecular weight excluding hydrogens is 690 g/mol. The van der Waals surface area contributed by atoms with E-state index in [0.717, 1.165) is 37.1 Å². The summed E-state index contributed by atoms with van der Waals surface area (Å²) in [6.07, 6.45) is 2.84. The molecule has 1 aliphatic carbocycles. The minimum Gasteiger partial charge on any atom is -0.465 e. The van der Waals surface area contributed by atoms with Gasteiger partial charge in [0.1, 0.15) is 5.00 Å². The number of carbonyl (C=O) groups excluding carboxylic acids is 2. The number of halogens is 2. The number of amides is 1. The average molecular weight is 716 g/mol. The SMILES string of the molecule is COCCCN(I)c1ccc(C(=O)N(I)c2scc(C3CCc4ccccc43)c2C(=O)OC)cc1. The molecule has 184 valence electrons. The lowest BCUT2D eigenvalue weighted by molar-refractivity contribution is 0.0601. The predicted molar refractivity (Wildman–Crippen MR) is 157 cm³/mol. The van der Waals surface area contributed by atoms with Crippen molar-refractivity contribution in [2.24, 2.45) is 0 Å². The number of rotatable bonds is 9. The molecule has 1 unspecified atom stereocenters. The van der Waals surface area contributed by atoms with Gasteiger partial charge in [0.2, 0.25) is 0 Å². The van der Waals surface area contributed by atoms with Crippen molar-refractivity contribution in [1.82, 2.24) is 0 Å². The van der Waals surface area contributed by atoms with E-state index in [4.69, 9.17) is 9.47 Å². The Morgan fingerprint density at radius 2 is 1.80 bits per heavy atom. The molecule has 0 saturated carbocycles. The smallest absolute Gasteiger partial charge is 0.341 e. The maximum absolute atomic E-state index is 13.4. The zero-order chi connectivity index (χ0) is 24.9. The van der Waals surface area contributed by atoms with Gasteiger partial charge < -0.3 is 12.6 Å². The summed E-state index contributed by atoms with van der Waals surface area (Å²) in [7, 11) is 3.08. The molecule has 6 nitrogen and oxygen atoms in total. The Morgan fingerprint density at radius 1 is 1.06 bits per heavy atom. The van der Waals surface area contributed by atoms with Crippen LogP contribution in [0.15, 0.2) is 53.9 Å². The molecule has 4 rings (SSSR count). The second-order valence-corrected chi connectivity index (χ2v) is 11.2. The van der Waals surface area contributed by atoms with Crippen molar-refractivity contribution >= 4 is 79.6 Å². The number of anilines is 2. The summed E-state index contributed by atoms with van der Waals surface area (Å²) in [5.74, 6) is -0.471. The highest BCUT2D eigenvalue weighted by Gasteiger charge is 2.33. The lowest BCUT2D eigenvalue weighted by atomic mass is 9.92. The molecule has 0 bridgehead atoms. The van der Waals surface area contributed by atoms with Gasteiger partial charge in [0, 0.05) is 37.4 Å². The summed E-state index contributed by atoms with van der Waals surface area (Å²) in [5, 5.41) is 2.60. The molecule has 0 spiro atoms. The van der Waals surface area contributed by atoms with Crippen LogP contribution in [0.4, 0.5) is 10.7 Å². The maximum atomic E-state index is 13.4. The molecule has 9 heteroatoms. The number of aryl methyl sites for hydroxylation is 1. The van der Waals surface area contributed by atoms with Crippen LogP contribution in [-0.2, 0) is 15.9 Å². The van der Waals surface area contributed by atoms with E-state index >= 15 is 0 Å². The zero-order valence-corrected chi connectivity index (χ0v) is 24.6. The summed E-state index contributed by atoms with van der Waals surface area (Å²) in [6.45, 7) is 1.56. The Balaban J connectivity index is 1.58. The first-order valence-corrected chi connectivity index (χ1v) is 14.1. The van der Waals surface area contributed by atoms with E-state index in [2.05, 4.69) is 44.2 Å². The van der Waals surface area contributed by atoms with Crippen molar-refractivity contribution in [1.29, 1.82) is 0 Å². The molecule has 0 aliphatic heterocycles. The minimum absolute atomic E-state index is 0.122. The van der Waals surface area contributed by atoms with Gasteiger partial charge in [-0.2, -0.15) is 0 Å². The summed E-state index contributed by atoms with van der Waals surface area (Å²) < 4.78 is 13.9. The van der Waals surface area contributed by atoms with Gasteiger partial charge in [-0.1, -0.05) is 24.3 Å². The minimum atomic E-state index is -0.415. The summed E-state index contributed by atoms with van der Waals surface area (Å²) >= 11 is 5.67. The number of esters is 1. The van der Waals surface area contributed by atoms with Gasteiger partial charge in [-0.15, -0.1) is 11.3 Å². The first-order chi connectivity index (χ1) is 17.0. The topological polar surface area (TPSA) is 59.1 Å². The Hall–Kier alpha value is -1.70. The van der Waals surface area contributed by atoms with E-state index in [1.54, 1.807) is 7.11 Å². The fourth-order valence-corrected chi connectivity index (χ4v) is 6.94. The maximum Gasteiger partial charge on any atom is 0.341 e. The van der Waals surface area contributed by atoms with Crippen LogP contribution in [0.5, 0.6) is 0 Å². The van der Waals surface area contributed by atoms with E-state index < -0.39 is 5.97 Å². The zero-order valence-electron chi connectivity index (χ0n) is 19.5. The number of hydrogen-bond donors (Lipinski definition) is 0. The number of nitrogens with zero attached hydrogens (tertiary/aromatic N) is 2. The normalized spacial score (nSPS) is 14.5. The molecule has 3 aromatic rings. The van der Waals surface area contributed by atoms with Gasteiger partial charge in [-0.05, 0) is 65.6 Å². The molecule has 1 amide bonds. The van der Waals surface area contributed by atoms with E-state index in [1.807, 2.05) is 58.6 Å². The van der Waals surface area contributed by atoms with Crippen molar-refractivity contribution in [3.8, 4) is 0 Å². The fourth-order valence-electron chi connectivity index (χ4n) is 4.40. The van der Waals surface area contributed by atoms with Crippen LogP contribution in [0.1, 0.15) is 56.2 Å². The lowest BCUT2D eigenvalue weighted by Crippen LogP contribution is -2.22. The number of hydrogen-bond acceptors (Lipinski definition) is 6. The molecule has 0 saturated heterocycles. The first-order valence-electron chi connectivity index (χ1n) is 11.3. The molecule has 0 fully saturated rings. The van der Waals surface area contributed by atoms with Crippen LogP contribution in [0.25, 0.3) is 0 Å². The fraction of sp³-hybridized carbons (Fsp3) is 0.308. The third-order valence-electron chi connectivity index (χ3n) is 6.15. The standard InChI is InChI=1S/C26H26I2N2O4S/c1-33-15-5-14-29(27)19-11-8-18(9-12-19)24(31)30(28)25-23(26(32)34-2)22(16-35-25)21-13-10-17-6-3-4-7-20(17)21/h3-4,6-9,11-12,16,21H,5,10,13-15H2,1-2H3. The van der Waals surface area contributed by atoms with E-state index in [-0.39, 0.29) is 11.8 Å². The van der Waals surface area contributed by atoms with Crippen molar-refractivity contribution in [2.45, 2.75) is 25.2 Å². The molecule has 35 heavy (non-hydrogen) atoms. The van der Waals surface area contributed by atoms with Crippen molar-refractivity contribution in [3.63, 3.8) is 0 Å². The first kappa shape index (κ1) is 26.4. The van der Waals surface area contributed by atoms with Gasteiger partial charge >= 0.3 is 5.97 Å². The lowest BCUT2D eigenvalue weighted by Gasteiger charge is -2.19. The molecular formula is C26H26I2N2O4S. The number of ether oxygens (including phenoxy) is 2. The third-order valence-corrected chi connectivity index (χ3v) is 9.42. The molecule has 1 aromatic heterocycles. The Kier molecular flexibility index (Phi) is 9.06. The number of carbonyl (C=O) groups is 2. The van der Waals surface area contributed by atoms with Gasteiger partial charge in [-0.25, -0.2) is 7.91 Å². The molecule has 1 heterocycles. The van der Waals surface area contributed by atoms with Gasteiger partial charge in [0.25, 0.3) is 5.91 Å². The van der Waals surface area contributed by atoms with Crippen LogP contribution >= 0.6 is 57.1 Å². The number of methoxy groups -OCH3 is 2. The Morgan fingerprint density at radius 3 is 2.51 bits per heavy atom. The van der Waals surface area contributed by atoms with Gasteiger partial charge in [0.15, 0.2) is 0 Å². The van der Waals surface area contributed by atoms with Crippen LogP contribution < -0.4 is 6.23 Å². The van der Waals surface area contributed by atoms with E-state index in [0.29, 0.717) is 22.7 Å². The van der Waals surface area contributed by atoms with Crippen LogP contribution in [0, 0.1) is 0 Å². The van der Waals surface area contributed by atoms with Crippen LogP contribution in [0.2, 0.25) is 0 Å². The quantitative estimate of drug-likeness (QED) is 0.106. The van der Waals surface area contributed by atoms with E-state index in [1.165, 1.54) is 32.7 Å². The van der Waals surface area contributed by atoms with Crippen molar-refractivity contribution < 1.29 is 19.1 Å². The predicted octanol–water partition coefficient (Wildman–Crippen LogP) is 6.80. The molecule has 1 atom stereocenters. The molecule has 2 aromatic carbocycles. The number of benzene rings is 2. The number of thiophene rings is 1. The Labute approximate surface area is 237 Å². The monoisotopic (exact) mass is 716 g/mol. The van der Waals surface area contributed by atoms with Crippen LogP contribution in [-0.4, -0.2) is 39.2 Å². The van der Waals surface area contributed by atoms with Crippen molar-refractivity contribution in [3.05, 3.63) is 81.7 Å². The summed E-state index contributed by atoms with van der Waals surface area (Å²) in [4.78, 5) is 26.3. The summed E-state index contributed by atoms with van der Waals surface area (Å²) in [5.41, 5.74) is 5.56. The largest absolute Gasteiger partial charge is 0.465 e. The summed E-state index contributed by atoms with van der Waals surface area (Å²) in [6, 6.07) is 15.9. The molecule has 1 aliphatic rings. The van der Waals surface area contributed by atoms with Crippen LogP contribution in [0.3, 0.4) is 0 Å². The molecule has 0 N–H and O–H groups in total. The highest BCUT2D eigenvalue weighted by atomic mass is 127. The van der Waals surface area contributed by atoms with E-state index in [9.17, 15) is 9.59 Å². The highest BCUT2D eigenvalue weighted by Crippen LogP contribution is 2.45. The Bertz CT molecular complexity index is 1200. The van der Waals surface area contributed by atoms with Crippen molar-refractivity contribution in [2.75, 3.05) is 33.6 Å². The molecule has 0 radical (unpaired) electrons. The van der Waals surface area contributed by atoms with Gasteiger partial charge in [-0.3, -0.25) is 4.79 Å². The second-order valence-electron chi connectivity index (χ2n) is 8.22. The number of fused-ring (bicyclic) bond motifs is 1. The van der Waals surface area contributed by atoms with Gasteiger partial charge in [0.05, 0.1) is 58.4 Å². The second kappa shape index (κ2) is 12.0. The highest BCUT2D eigenvalue weighted by molar-refractivity contribution is 14.1. The average Bonchev–Trinajstić information content (AvgIpc) is 3.52. The third kappa shape index (κ3) is 5.67.